The largest absolute Gasteiger partial charge is 0.390 e. The van der Waals surface area contributed by atoms with Gasteiger partial charge in [0, 0.05) is 13.0 Å². The van der Waals surface area contributed by atoms with Gasteiger partial charge in [0.05, 0.1) is 11.7 Å². The maximum absolute atomic E-state index is 10.9. The summed E-state index contributed by atoms with van der Waals surface area (Å²) in [5.74, 6) is 0.638. The summed E-state index contributed by atoms with van der Waals surface area (Å²) in [5.41, 5.74) is 3.40. The summed E-state index contributed by atoms with van der Waals surface area (Å²) >= 11 is 0. The number of hydrogen-bond donors (Lipinski definition) is 1. The van der Waals surface area contributed by atoms with E-state index in [1.807, 2.05) is 6.92 Å². The molecule has 1 aromatic rings. The maximum Gasteiger partial charge on any atom is 0.0945 e. The van der Waals surface area contributed by atoms with Crippen molar-refractivity contribution in [1.82, 2.24) is 0 Å². The number of aryl methyl sites for hydroxylation is 2. The second-order valence-electron chi connectivity index (χ2n) is 6.92. The average molecular weight is 290 g/mol. The van der Waals surface area contributed by atoms with E-state index in [-0.39, 0.29) is 5.60 Å². The molecule has 1 aliphatic rings. The molecule has 0 radical (unpaired) electrons. The molecule has 3 unspecified atom stereocenters. The van der Waals surface area contributed by atoms with Gasteiger partial charge < -0.3 is 9.84 Å². The van der Waals surface area contributed by atoms with Crippen molar-refractivity contribution in [3.63, 3.8) is 0 Å². The molecule has 1 fully saturated rings. The highest BCUT2D eigenvalue weighted by atomic mass is 16.5. The Morgan fingerprint density at radius 3 is 2.52 bits per heavy atom. The highest BCUT2D eigenvalue weighted by Gasteiger charge is 2.41. The summed E-state index contributed by atoms with van der Waals surface area (Å²) < 4.78 is 6.09. The standard InChI is InChI=1S/C19H30O2/c1-5-21-19(8-6-7-14(2)13-19)18(20)12-17-10-15(3)9-16(4)11-17/h9-11,14,18,20H,5-8,12-13H2,1-4H3. The monoisotopic (exact) mass is 290 g/mol. The minimum Gasteiger partial charge on any atom is -0.390 e. The molecule has 1 N–H and O–H groups in total. The molecule has 0 aliphatic heterocycles. The van der Waals surface area contributed by atoms with E-state index in [0.717, 1.165) is 19.3 Å². The van der Waals surface area contributed by atoms with Crippen LogP contribution in [0.4, 0.5) is 0 Å². The summed E-state index contributed by atoms with van der Waals surface area (Å²) in [6.07, 6.45) is 4.65. The molecule has 2 nitrogen and oxygen atoms in total. The van der Waals surface area contributed by atoms with Gasteiger partial charge in [-0.05, 0) is 45.1 Å². The van der Waals surface area contributed by atoms with Crippen LogP contribution in [-0.2, 0) is 11.2 Å². The van der Waals surface area contributed by atoms with Crippen LogP contribution in [0.1, 0.15) is 56.2 Å². The smallest absolute Gasteiger partial charge is 0.0945 e. The lowest BCUT2D eigenvalue weighted by Crippen LogP contribution is -2.49. The average Bonchev–Trinajstić information content (AvgIpc) is 2.37. The van der Waals surface area contributed by atoms with Gasteiger partial charge >= 0.3 is 0 Å². The highest BCUT2D eigenvalue weighted by Crippen LogP contribution is 2.38. The number of aliphatic hydroxyl groups excluding tert-OH is 1. The lowest BCUT2D eigenvalue weighted by atomic mass is 9.74. The molecule has 1 saturated carbocycles. The van der Waals surface area contributed by atoms with Gasteiger partial charge in [-0.2, -0.15) is 0 Å². The fraction of sp³-hybridized carbons (Fsp3) is 0.684. The minimum atomic E-state index is -0.415. The third-order valence-electron chi connectivity index (χ3n) is 4.74. The second-order valence-corrected chi connectivity index (χ2v) is 6.92. The van der Waals surface area contributed by atoms with E-state index in [1.54, 1.807) is 0 Å². The molecule has 0 amide bonds. The van der Waals surface area contributed by atoms with E-state index < -0.39 is 6.10 Å². The topological polar surface area (TPSA) is 29.5 Å². The first kappa shape index (κ1) is 16.5. The zero-order chi connectivity index (χ0) is 15.5. The van der Waals surface area contributed by atoms with Crippen LogP contribution in [0.15, 0.2) is 18.2 Å². The Labute approximate surface area is 129 Å². The molecule has 2 rings (SSSR count). The number of ether oxygens (including phenoxy) is 1. The molecule has 3 atom stereocenters. The van der Waals surface area contributed by atoms with Crippen LogP contribution in [0.5, 0.6) is 0 Å². The molecule has 0 spiro atoms. The van der Waals surface area contributed by atoms with Crippen LogP contribution in [0.3, 0.4) is 0 Å². The van der Waals surface area contributed by atoms with Crippen molar-refractivity contribution in [2.75, 3.05) is 6.61 Å². The van der Waals surface area contributed by atoms with Crippen LogP contribution in [0, 0.1) is 19.8 Å². The third kappa shape index (κ3) is 4.08. The molecule has 1 aliphatic carbocycles. The Morgan fingerprint density at radius 2 is 1.95 bits per heavy atom. The van der Waals surface area contributed by atoms with Crippen molar-refractivity contribution in [3.05, 3.63) is 34.9 Å². The number of benzene rings is 1. The predicted molar refractivity (Wildman–Crippen MR) is 87.6 cm³/mol. The number of rotatable bonds is 5. The van der Waals surface area contributed by atoms with Gasteiger partial charge in [-0.3, -0.25) is 0 Å². The van der Waals surface area contributed by atoms with Crippen LogP contribution >= 0.6 is 0 Å². The molecule has 0 saturated heterocycles. The first-order valence-corrected chi connectivity index (χ1v) is 8.34. The van der Waals surface area contributed by atoms with E-state index in [4.69, 9.17) is 4.74 Å². The minimum absolute atomic E-state index is 0.343. The molecule has 0 heterocycles. The van der Waals surface area contributed by atoms with Crippen molar-refractivity contribution < 1.29 is 9.84 Å². The molecule has 2 heteroatoms. The van der Waals surface area contributed by atoms with Crippen LogP contribution < -0.4 is 0 Å². The second kappa shape index (κ2) is 6.93. The van der Waals surface area contributed by atoms with Crippen molar-refractivity contribution in [2.24, 2.45) is 5.92 Å². The van der Waals surface area contributed by atoms with E-state index in [0.29, 0.717) is 18.9 Å². The maximum atomic E-state index is 10.9. The van der Waals surface area contributed by atoms with E-state index in [9.17, 15) is 5.11 Å². The zero-order valence-electron chi connectivity index (χ0n) is 14.0. The van der Waals surface area contributed by atoms with Gasteiger partial charge in [0.2, 0.25) is 0 Å². The summed E-state index contributed by atoms with van der Waals surface area (Å²) in [7, 11) is 0. The Hall–Kier alpha value is -0.860. The van der Waals surface area contributed by atoms with Crippen molar-refractivity contribution >= 4 is 0 Å². The molecule has 1 aromatic carbocycles. The Balaban J connectivity index is 2.16. The molecule has 0 aromatic heterocycles. The summed E-state index contributed by atoms with van der Waals surface area (Å²) in [6, 6.07) is 6.54. The first-order valence-electron chi connectivity index (χ1n) is 8.34. The first-order chi connectivity index (χ1) is 9.95. The molecule has 21 heavy (non-hydrogen) atoms. The Kier molecular flexibility index (Phi) is 5.45. The number of aliphatic hydroxyl groups is 1. The van der Waals surface area contributed by atoms with E-state index in [1.165, 1.54) is 23.1 Å². The Bertz CT molecular complexity index is 444. The normalized spacial score (nSPS) is 27.6. The fourth-order valence-electron chi connectivity index (χ4n) is 3.96. The molecular weight excluding hydrogens is 260 g/mol. The van der Waals surface area contributed by atoms with Gasteiger partial charge in [0.1, 0.15) is 0 Å². The highest BCUT2D eigenvalue weighted by molar-refractivity contribution is 5.29. The molecule has 0 bridgehead atoms. The van der Waals surface area contributed by atoms with Crippen LogP contribution in [-0.4, -0.2) is 23.4 Å². The van der Waals surface area contributed by atoms with Crippen LogP contribution in [0.2, 0.25) is 0 Å². The number of hydrogen-bond acceptors (Lipinski definition) is 2. The summed E-state index contributed by atoms with van der Waals surface area (Å²) in [6.45, 7) is 9.21. The summed E-state index contributed by atoms with van der Waals surface area (Å²) in [4.78, 5) is 0. The van der Waals surface area contributed by atoms with Crippen molar-refractivity contribution in [3.8, 4) is 0 Å². The van der Waals surface area contributed by atoms with Crippen molar-refractivity contribution in [2.45, 2.75) is 71.5 Å². The lowest BCUT2D eigenvalue weighted by Gasteiger charge is -2.43. The van der Waals surface area contributed by atoms with Gasteiger partial charge in [0.15, 0.2) is 0 Å². The van der Waals surface area contributed by atoms with E-state index >= 15 is 0 Å². The fourth-order valence-corrected chi connectivity index (χ4v) is 3.96. The predicted octanol–water partition coefficient (Wildman–Crippen LogP) is 4.19. The van der Waals surface area contributed by atoms with E-state index in [2.05, 4.69) is 39.0 Å². The van der Waals surface area contributed by atoms with Crippen molar-refractivity contribution in [1.29, 1.82) is 0 Å². The SMILES string of the molecule is CCOC1(C(O)Cc2cc(C)cc(C)c2)CCCC(C)C1. The zero-order valence-corrected chi connectivity index (χ0v) is 14.0. The van der Waals surface area contributed by atoms with Gasteiger partial charge in [-0.15, -0.1) is 0 Å². The van der Waals surface area contributed by atoms with Crippen LogP contribution in [0.25, 0.3) is 0 Å². The summed E-state index contributed by atoms with van der Waals surface area (Å²) in [5, 5.41) is 10.9. The van der Waals surface area contributed by atoms with Gasteiger partial charge in [-0.1, -0.05) is 49.1 Å². The van der Waals surface area contributed by atoms with Gasteiger partial charge in [-0.25, -0.2) is 0 Å². The van der Waals surface area contributed by atoms with Gasteiger partial charge in [0.25, 0.3) is 0 Å². The molecular formula is C19H30O2. The Morgan fingerprint density at radius 1 is 1.29 bits per heavy atom. The molecule has 118 valence electrons. The third-order valence-corrected chi connectivity index (χ3v) is 4.74. The quantitative estimate of drug-likeness (QED) is 0.881. The lowest BCUT2D eigenvalue weighted by molar-refractivity contribution is -0.147.